The van der Waals surface area contributed by atoms with E-state index in [2.05, 4.69) is 52.4 Å². The third-order valence-corrected chi connectivity index (χ3v) is 6.67. The van der Waals surface area contributed by atoms with Crippen molar-refractivity contribution in [1.82, 2.24) is 15.1 Å². The van der Waals surface area contributed by atoms with Crippen molar-refractivity contribution in [2.24, 2.45) is 16.6 Å². The zero-order chi connectivity index (χ0) is 22.3. The third kappa shape index (κ3) is 6.69. The van der Waals surface area contributed by atoms with Crippen LogP contribution in [0.5, 0.6) is 0 Å². The average molecular weight is 562 g/mol. The van der Waals surface area contributed by atoms with Gasteiger partial charge in [0.2, 0.25) is 5.91 Å². The summed E-state index contributed by atoms with van der Waals surface area (Å²) in [6, 6.07) is 18.9. The molecular weight excluding hydrogens is 525 g/mol. The van der Waals surface area contributed by atoms with E-state index in [4.69, 9.17) is 10.7 Å². The lowest BCUT2D eigenvalue weighted by atomic mass is 9.83. The van der Waals surface area contributed by atoms with Gasteiger partial charge < -0.3 is 16.0 Å². The molecular formula is C26H36IN5O. The molecule has 0 aromatic heterocycles. The number of carbonyl (C=O) groups is 1. The Morgan fingerprint density at radius 3 is 2.64 bits per heavy atom. The van der Waals surface area contributed by atoms with Gasteiger partial charge >= 0.3 is 0 Å². The van der Waals surface area contributed by atoms with E-state index >= 15 is 0 Å². The number of amides is 1. The molecule has 0 radical (unpaired) electrons. The van der Waals surface area contributed by atoms with Crippen molar-refractivity contribution >= 4 is 35.8 Å². The number of nitrogens with two attached hydrogens (primary N) is 1. The molecule has 0 spiro atoms. The van der Waals surface area contributed by atoms with Crippen molar-refractivity contribution in [3.63, 3.8) is 0 Å². The number of benzene rings is 2. The van der Waals surface area contributed by atoms with Gasteiger partial charge in [0.1, 0.15) is 0 Å². The number of fused-ring (bicyclic) bond motifs is 1. The summed E-state index contributed by atoms with van der Waals surface area (Å²) < 4.78 is 0. The van der Waals surface area contributed by atoms with E-state index in [1.165, 1.54) is 31.4 Å². The van der Waals surface area contributed by atoms with E-state index in [0.717, 1.165) is 37.7 Å². The number of guanidine groups is 1. The maximum absolute atomic E-state index is 11.5. The molecule has 1 amide bonds. The Labute approximate surface area is 214 Å². The summed E-state index contributed by atoms with van der Waals surface area (Å²) in [7, 11) is 0. The van der Waals surface area contributed by atoms with Crippen LogP contribution in [-0.4, -0.2) is 53.9 Å². The first-order chi connectivity index (χ1) is 15.6. The number of aliphatic imine (C=N–C) groups is 1. The highest BCUT2D eigenvalue weighted by molar-refractivity contribution is 14.0. The van der Waals surface area contributed by atoms with E-state index in [1.54, 1.807) is 6.07 Å². The molecule has 3 N–H and O–H groups in total. The normalized spacial score (nSPS) is 21.1. The Morgan fingerprint density at radius 2 is 1.88 bits per heavy atom. The van der Waals surface area contributed by atoms with E-state index in [0.29, 0.717) is 24.1 Å². The Morgan fingerprint density at radius 1 is 1.09 bits per heavy atom. The van der Waals surface area contributed by atoms with Crippen molar-refractivity contribution in [2.45, 2.75) is 45.3 Å². The van der Waals surface area contributed by atoms with Gasteiger partial charge in [-0.15, -0.1) is 24.0 Å². The lowest BCUT2D eigenvalue weighted by Gasteiger charge is -2.48. The molecule has 2 unspecified atom stereocenters. The summed E-state index contributed by atoms with van der Waals surface area (Å²) in [5, 5.41) is 3.48. The van der Waals surface area contributed by atoms with Gasteiger partial charge in [-0.25, -0.2) is 4.99 Å². The molecule has 0 aliphatic carbocycles. The molecule has 2 aromatic carbocycles. The molecule has 6 nitrogen and oxygen atoms in total. The van der Waals surface area contributed by atoms with Crippen LogP contribution in [-0.2, 0) is 13.1 Å². The minimum absolute atomic E-state index is 0. The van der Waals surface area contributed by atoms with E-state index in [1.807, 2.05) is 18.2 Å². The van der Waals surface area contributed by atoms with Gasteiger partial charge in [0.25, 0.3) is 0 Å². The lowest BCUT2D eigenvalue weighted by molar-refractivity contribution is 0.0372. The monoisotopic (exact) mass is 561 g/mol. The minimum atomic E-state index is -0.401. The molecule has 0 saturated carbocycles. The molecule has 2 saturated heterocycles. The number of primary amides is 1. The Bertz CT molecular complexity index is 935. The second-order valence-corrected chi connectivity index (χ2v) is 8.90. The second kappa shape index (κ2) is 12.4. The highest BCUT2D eigenvalue weighted by atomic mass is 127. The van der Waals surface area contributed by atoms with Crippen LogP contribution in [0.1, 0.15) is 47.7 Å². The molecule has 2 aliphatic heterocycles. The first-order valence-electron chi connectivity index (χ1n) is 11.8. The van der Waals surface area contributed by atoms with Crippen molar-refractivity contribution in [2.75, 3.05) is 26.2 Å². The van der Waals surface area contributed by atoms with Gasteiger partial charge in [-0.05, 0) is 61.9 Å². The number of halogens is 1. The molecule has 178 valence electrons. The molecule has 0 bridgehead atoms. The summed E-state index contributed by atoms with van der Waals surface area (Å²) in [6.07, 6.45) is 3.71. The smallest absolute Gasteiger partial charge is 0.248 e. The van der Waals surface area contributed by atoms with Crippen LogP contribution in [0.4, 0.5) is 0 Å². The molecule has 4 rings (SSSR count). The summed E-state index contributed by atoms with van der Waals surface area (Å²) in [4.78, 5) is 21.5. The summed E-state index contributed by atoms with van der Waals surface area (Å²) in [6.45, 7) is 7.78. The topological polar surface area (TPSA) is 74.0 Å². The number of hydrogen-bond acceptors (Lipinski definition) is 3. The maximum Gasteiger partial charge on any atom is 0.248 e. The molecule has 2 atom stereocenters. The van der Waals surface area contributed by atoms with E-state index in [-0.39, 0.29) is 24.0 Å². The molecule has 33 heavy (non-hydrogen) atoms. The predicted octanol–water partition coefficient (Wildman–Crippen LogP) is 3.86. The van der Waals surface area contributed by atoms with Gasteiger partial charge in [0, 0.05) is 37.8 Å². The molecule has 7 heteroatoms. The SMILES string of the molecule is CCNC(=NCc1cccc(C(N)=O)c1)N1CCC2C(CCCN2Cc2ccccc2)C1.I. The van der Waals surface area contributed by atoms with Crippen LogP contribution < -0.4 is 11.1 Å². The molecule has 2 heterocycles. The van der Waals surface area contributed by atoms with Gasteiger partial charge in [0.05, 0.1) is 6.54 Å². The number of carbonyl (C=O) groups excluding carboxylic acids is 1. The zero-order valence-electron chi connectivity index (χ0n) is 19.5. The molecule has 2 aliphatic rings. The molecule has 2 fully saturated rings. The quantitative estimate of drug-likeness (QED) is 0.319. The Kier molecular flexibility index (Phi) is 9.55. The number of rotatable bonds is 6. The number of likely N-dealkylation sites (tertiary alicyclic amines) is 2. The molecule has 2 aromatic rings. The van der Waals surface area contributed by atoms with Crippen LogP contribution in [0.25, 0.3) is 0 Å². The second-order valence-electron chi connectivity index (χ2n) is 8.90. The van der Waals surface area contributed by atoms with Crippen LogP contribution in [0.3, 0.4) is 0 Å². The van der Waals surface area contributed by atoms with Crippen LogP contribution >= 0.6 is 24.0 Å². The highest BCUT2D eigenvalue weighted by Crippen LogP contribution is 2.31. The number of hydrogen-bond donors (Lipinski definition) is 2. The van der Waals surface area contributed by atoms with Crippen molar-refractivity contribution < 1.29 is 4.79 Å². The van der Waals surface area contributed by atoms with Crippen molar-refractivity contribution in [3.05, 3.63) is 71.3 Å². The number of nitrogens with one attached hydrogen (secondary N) is 1. The fourth-order valence-corrected chi connectivity index (χ4v) is 5.13. The third-order valence-electron chi connectivity index (χ3n) is 6.67. The van der Waals surface area contributed by atoms with Gasteiger partial charge in [-0.3, -0.25) is 9.69 Å². The number of piperidine rings is 2. The minimum Gasteiger partial charge on any atom is -0.366 e. The standard InChI is InChI=1S/C26H35N5O.HI/c1-2-28-26(29-17-21-10-6-11-22(16-21)25(27)32)31-15-13-24-23(19-31)12-7-14-30(24)18-20-8-4-3-5-9-20;/h3-6,8-11,16,23-24H,2,7,12-15,17-19H2,1H3,(H2,27,32)(H,28,29);1H. The predicted molar refractivity (Wildman–Crippen MR) is 145 cm³/mol. The van der Waals surface area contributed by atoms with Crippen molar-refractivity contribution in [1.29, 1.82) is 0 Å². The Hall–Kier alpha value is -2.13. The summed E-state index contributed by atoms with van der Waals surface area (Å²) in [5.74, 6) is 1.24. The largest absolute Gasteiger partial charge is 0.366 e. The zero-order valence-corrected chi connectivity index (χ0v) is 21.8. The highest BCUT2D eigenvalue weighted by Gasteiger charge is 2.36. The van der Waals surface area contributed by atoms with Crippen LogP contribution in [0.15, 0.2) is 59.6 Å². The fraction of sp³-hybridized carbons (Fsp3) is 0.462. The summed E-state index contributed by atoms with van der Waals surface area (Å²) >= 11 is 0. The number of nitrogens with zero attached hydrogens (tertiary/aromatic N) is 3. The van der Waals surface area contributed by atoms with Crippen LogP contribution in [0.2, 0.25) is 0 Å². The van der Waals surface area contributed by atoms with E-state index < -0.39 is 5.91 Å². The fourth-order valence-electron chi connectivity index (χ4n) is 5.13. The first kappa shape index (κ1) is 25.5. The van der Waals surface area contributed by atoms with Crippen LogP contribution in [0, 0.1) is 5.92 Å². The summed E-state index contributed by atoms with van der Waals surface area (Å²) in [5.41, 5.74) is 8.36. The van der Waals surface area contributed by atoms with Gasteiger partial charge in [-0.1, -0.05) is 42.5 Å². The Balaban J connectivity index is 0.00000306. The maximum atomic E-state index is 11.5. The van der Waals surface area contributed by atoms with Gasteiger partial charge in [0.15, 0.2) is 5.96 Å². The first-order valence-corrected chi connectivity index (χ1v) is 11.8. The van der Waals surface area contributed by atoms with Gasteiger partial charge in [-0.2, -0.15) is 0 Å². The lowest BCUT2D eigenvalue weighted by Crippen LogP contribution is -2.56. The van der Waals surface area contributed by atoms with E-state index in [9.17, 15) is 4.79 Å². The van der Waals surface area contributed by atoms with Crippen molar-refractivity contribution in [3.8, 4) is 0 Å². The average Bonchev–Trinajstić information content (AvgIpc) is 2.82.